The fourth-order valence-electron chi connectivity index (χ4n) is 3.50. The minimum absolute atomic E-state index is 0.101. The van der Waals surface area contributed by atoms with E-state index in [9.17, 15) is 9.59 Å². The first-order valence-electron chi connectivity index (χ1n) is 9.61. The standard InChI is InChI=1S/C23H22N4O2S/c1-14-6-8-21(16(3)9-14)27(17(4)28)23-25-18(12-30-23)11-26-13-24-20-7-5-15(2)10-19(20)22(26)29/h5-10,12-13H,11H2,1-4H3. The Morgan fingerprint density at radius 1 is 1.10 bits per heavy atom. The Labute approximate surface area is 178 Å². The van der Waals surface area contributed by atoms with Gasteiger partial charge in [-0.1, -0.05) is 29.3 Å². The van der Waals surface area contributed by atoms with Crippen LogP contribution >= 0.6 is 11.3 Å². The monoisotopic (exact) mass is 418 g/mol. The highest BCUT2D eigenvalue weighted by molar-refractivity contribution is 7.14. The fraction of sp³-hybridized carbons (Fsp3) is 0.217. The topological polar surface area (TPSA) is 68.1 Å². The molecule has 1 amide bonds. The average molecular weight is 419 g/mol. The highest BCUT2D eigenvalue weighted by Crippen LogP contribution is 2.31. The van der Waals surface area contributed by atoms with Gasteiger partial charge in [0.2, 0.25) is 5.91 Å². The van der Waals surface area contributed by atoms with Gasteiger partial charge in [0.25, 0.3) is 5.56 Å². The van der Waals surface area contributed by atoms with E-state index in [4.69, 9.17) is 0 Å². The van der Waals surface area contributed by atoms with Gasteiger partial charge in [-0.3, -0.25) is 19.1 Å². The molecule has 0 saturated heterocycles. The molecule has 30 heavy (non-hydrogen) atoms. The van der Waals surface area contributed by atoms with E-state index >= 15 is 0 Å². The summed E-state index contributed by atoms with van der Waals surface area (Å²) in [6, 6.07) is 11.6. The number of rotatable bonds is 4. The summed E-state index contributed by atoms with van der Waals surface area (Å²) < 4.78 is 1.55. The van der Waals surface area contributed by atoms with Crippen LogP contribution in [-0.4, -0.2) is 20.4 Å². The van der Waals surface area contributed by atoms with Crippen LogP contribution in [0.15, 0.2) is 52.9 Å². The van der Waals surface area contributed by atoms with Crippen molar-refractivity contribution in [2.75, 3.05) is 4.90 Å². The van der Waals surface area contributed by atoms with Crippen molar-refractivity contribution in [3.63, 3.8) is 0 Å². The molecule has 0 aliphatic carbocycles. The van der Waals surface area contributed by atoms with Gasteiger partial charge in [0.05, 0.1) is 35.2 Å². The van der Waals surface area contributed by atoms with Gasteiger partial charge in [0.1, 0.15) is 0 Å². The number of benzene rings is 2. The van der Waals surface area contributed by atoms with E-state index in [-0.39, 0.29) is 11.5 Å². The maximum Gasteiger partial charge on any atom is 0.261 e. The Kier molecular flexibility index (Phi) is 5.22. The lowest BCUT2D eigenvalue weighted by molar-refractivity contribution is -0.115. The smallest absolute Gasteiger partial charge is 0.261 e. The summed E-state index contributed by atoms with van der Waals surface area (Å²) in [4.78, 5) is 35.9. The van der Waals surface area contributed by atoms with Crippen LogP contribution in [0.2, 0.25) is 0 Å². The number of fused-ring (bicyclic) bond motifs is 1. The van der Waals surface area contributed by atoms with E-state index in [1.165, 1.54) is 18.3 Å². The van der Waals surface area contributed by atoms with Gasteiger partial charge in [0.15, 0.2) is 5.13 Å². The van der Waals surface area contributed by atoms with Crippen LogP contribution in [0, 0.1) is 20.8 Å². The molecule has 7 heteroatoms. The molecule has 6 nitrogen and oxygen atoms in total. The molecule has 0 N–H and O–H groups in total. The van der Waals surface area contributed by atoms with Crippen molar-refractivity contribution >= 4 is 39.0 Å². The third-order valence-corrected chi connectivity index (χ3v) is 5.83. The predicted octanol–water partition coefficient (Wildman–Crippen LogP) is 4.51. The molecular formula is C23H22N4O2S. The van der Waals surface area contributed by atoms with Gasteiger partial charge in [-0.25, -0.2) is 9.97 Å². The molecule has 0 spiro atoms. The number of aryl methyl sites for hydroxylation is 3. The van der Waals surface area contributed by atoms with E-state index in [2.05, 4.69) is 9.97 Å². The molecule has 2 heterocycles. The molecule has 0 bridgehead atoms. The van der Waals surface area contributed by atoms with Crippen LogP contribution in [0.25, 0.3) is 10.9 Å². The summed E-state index contributed by atoms with van der Waals surface area (Å²) in [6.07, 6.45) is 1.55. The van der Waals surface area contributed by atoms with Gasteiger partial charge in [-0.05, 0) is 44.5 Å². The minimum Gasteiger partial charge on any atom is -0.293 e. The van der Waals surface area contributed by atoms with Gasteiger partial charge < -0.3 is 0 Å². The zero-order valence-electron chi connectivity index (χ0n) is 17.3. The molecule has 0 fully saturated rings. The molecule has 4 aromatic rings. The lowest BCUT2D eigenvalue weighted by Gasteiger charge is -2.20. The average Bonchev–Trinajstić information content (AvgIpc) is 3.14. The molecule has 2 aromatic heterocycles. The number of hydrogen-bond acceptors (Lipinski definition) is 5. The number of aromatic nitrogens is 3. The lowest BCUT2D eigenvalue weighted by Crippen LogP contribution is -2.24. The number of thiazole rings is 1. The minimum atomic E-state index is -0.108. The molecular weight excluding hydrogens is 396 g/mol. The van der Waals surface area contributed by atoms with E-state index in [0.29, 0.717) is 28.3 Å². The quantitative estimate of drug-likeness (QED) is 0.489. The Hall–Kier alpha value is -3.32. The van der Waals surface area contributed by atoms with Crippen LogP contribution in [0.3, 0.4) is 0 Å². The summed E-state index contributed by atoms with van der Waals surface area (Å²) in [5.41, 5.74) is 5.26. The number of amides is 1. The van der Waals surface area contributed by atoms with Crippen LogP contribution in [0.1, 0.15) is 29.3 Å². The van der Waals surface area contributed by atoms with Crippen LogP contribution in [-0.2, 0) is 11.3 Å². The maximum absolute atomic E-state index is 12.9. The summed E-state index contributed by atoms with van der Waals surface area (Å²) in [5.74, 6) is -0.108. The van der Waals surface area contributed by atoms with Crippen molar-refractivity contribution in [2.45, 2.75) is 34.2 Å². The summed E-state index contributed by atoms with van der Waals surface area (Å²) in [5, 5.41) is 3.05. The first-order chi connectivity index (χ1) is 14.3. The molecule has 0 aliphatic rings. The fourth-order valence-corrected chi connectivity index (χ4v) is 4.37. The normalized spacial score (nSPS) is 11.1. The summed E-state index contributed by atoms with van der Waals surface area (Å²) in [7, 11) is 0. The van der Waals surface area contributed by atoms with Crippen molar-refractivity contribution < 1.29 is 4.79 Å². The first kappa shape index (κ1) is 20.0. The number of anilines is 2. The van der Waals surface area contributed by atoms with E-state index < -0.39 is 0 Å². The number of nitrogens with zero attached hydrogens (tertiary/aromatic N) is 4. The van der Waals surface area contributed by atoms with Crippen molar-refractivity contribution in [1.29, 1.82) is 0 Å². The van der Waals surface area contributed by atoms with E-state index in [1.807, 2.05) is 62.5 Å². The van der Waals surface area contributed by atoms with Crippen LogP contribution < -0.4 is 10.5 Å². The second-order valence-electron chi connectivity index (χ2n) is 7.46. The Balaban J connectivity index is 1.68. The SMILES string of the molecule is CC(=O)N(c1nc(Cn2cnc3ccc(C)cc3c2=O)cs1)c1ccc(C)cc1C. The second kappa shape index (κ2) is 7.84. The van der Waals surface area contributed by atoms with Gasteiger partial charge in [-0.2, -0.15) is 0 Å². The summed E-state index contributed by atoms with van der Waals surface area (Å²) in [6.45, 7) is 7.78. The number of carbonyl (C=O) groups is 1. The molecule has 4 rings (SSSR count). The third kappa shape index (κ3) is 3.76. The van der Waals surface area contributed by atoms with Crippen molar-refractivity contribution in [1.82, 2.24) is 14.5 Å². The summed E-state index contributed by atoms with van der Waals surface area (Å²) >= 11 is 1.38. The molecule has 0 radical (unpaired) electrons. The van der Waals surface area contributed by atoms with Crippen LogP contribution in [0.4, 0.5) is 10.8 Å². The van der Waals surface area contributed by atoms with E-state index in [0.717, 1.165) is 22.4 Å². The zero-order valence-corrected chi connectivity index (χ0v) is 18.2. The molecule has 2 aromatic carbocycles. The number of carbonyl (C=O) groups excluding carboxylic acids is 1. The molecule has 0 saturated carbocycles. The Morgan fingerprint density at radius 2 is 1.83 bits per heavy atom. The molecule has 0 unspecified atom stereocenters. The molecule has 0 aliphatic heterocycles. The van der Waals surface area contributed by atoms with Gasteiger partial charge >= 0.3 is 0 Å². The third-order valence-electron chi connectivity index (χ3n) is 4.95. The maximum atomic E-state index is 12.9. The second-order valence-corrected chi connectivity index (χ2v) is 8.30. The largest absolute Gasteiger partial charge is 0.293 e. The first-order valence-corrected chi connectivity index (χ1v) is 10.5. The predicted molar refractivity (Wildman–Crippen MR) is 121 cm³/mol. The van der Waals surface area contributed by atoms with Crippen molar-refractivity contribution in [3.8, 4) is 0 Å². The van der Waals surface area contributed by atoms with Gasteiger partial charge in [-0.15, -0.1) is 11.3 Å². The van der Waals surface area contributed by atoms with Crippen molar-refractivity contribution in [3.05, 3.63) is 80.8 Å². The Bertz CT molecular complexity index is 1320. The van der Waals surface area contributed by atoms with Crippen molar-refractivity contribution in [2.24, 2.45) is 0 Å². The molecule has 0 atom stereocenters. The Morgan fingerprint density at radius 3 is 2.57 bits per heavy atom. The van der Waals surface area contributed by atoms with Gasteiger partial charge in [0, 0.05) is 12.3 Å². The molecule has 152 valence electrons. The highest BCUT2D eigenvalue weighted by atomic mass is 32.1. The number of hydrogen-bond donors (Lipinski definition) is 0. The van der Waals surface area contributed by atoms with E-state index in [1.54, 1.807) is 15.8 Å². The zero-order chi connectivity index (χ0) is 21.4. The lowest BCUT2D eigenvalue weighted by atomic mass is 10.1. The highest BCUT2D eigenvalue weighted by Gasteiger charge is 2.20. The van der Waals surface area contributed by atoms with Crippen LogP contribution in [0.5, 0.6) is 0 Å².